The van der Waals surface area contributed by atoms with Crippen LogP contribution in [0.2, 0.25) is 5.02 Å². The minimum absolute atomic E-state index is 0.0189. The van der Waals surface area contributed by atoms with Crippen LogP contribution < -0.4 is 10.5 Å². The Morgan fingerprint density at radius 2 is 2.05 bits per heavy atom. The zero-order valence-corrected chi connectivity index (χ0v) is 13.6. The molecule has 0 spiro atoms. The van der Waals surface area contributed by atoms with Crippen LogP contribution in [0.5, 0.6) is 0 Å². The van der Waals surface area contributed by atoms with E-state index in [1.807, 2.05) is 0 Å². The number of rotatable bonds is 3. The first kappa shape index (κ1) is 15.6. The molecule has 4 nitrogen and oxygen atoms in total. The molecule has 0 amide bonds. The van der Waals surface area contributed by atoms with E-state index >= 15 is 0 Å². The van der Waals surface area contributed by atoms with Crippen molar-refractivity contribution in [2.45, 2.75) is 51.0 Å². The number of anilines is 1. The molecule has 1 fully saturated rings. The first-order valence-corrected chi connectivity index (χ1v) is 8.55. The molecule has 1 saturated carbocycles. The molecule has 0 heterocycles. The quantitative estimate of drug-likeness (QED) is 0.842. The third kappa shape index (κ3) is 3.27. The van der Waals surface area contributed by atoms with Crippen LogP contribution in [-0.2, 0) is 10.0 Å². The SMILES string of the molecule is Cc1c(N)cc(Cl)cc1S(=O)(=O)NC1CCC(C)(C)C1. The molecule has 0 saturated heterocycles. The average molecular weight is 317 g/mol. The predicted molar refractivity (Wildman–Crippen MR) is 82.3 cm³/mol. The van der Waals surface area contributed by atoms with Gasteiger partial charge >= 0.3 is 0 Å². The Morgan fingerprint density at radius 1 is 1.40 bits per heavy atom. The maximum atomic E-state index is 12.5. The standard InChI is InChI=1S/C14H21ClN2O2S/c1-9-12(16)6-10(15)7-13(9)20(18,19)17-11-4-5-14(2,3)8-11/h6-7,11,17H,4-5,8,16H2,1-3H3. The van der Waals surface area contributed by atoms with E-state index in [0.717, 1.165) is 19.3 Å². The Labute approximate surface area is 125 Å². The minimum Gasteiger partial charge on any atom is -0.398 e. The topological polar surface area (TPSA) is 72.2 Å². The average Bonchev–Trinajstić information content (AvgIpc) is 2.62. The van der Waals surface area contributed by atoms with Crippen molar-refractivity contribution in [1.82, 2.24) is 4.72 Å². The van der Waals surface area contributed by atoms with Crippen molar-refractivity contribution in [2.75, 3.05) is 5.73 Å². The highest BCUT2D eigenvalue weighted by molar-refractivity contribution is 7.89. The Bertz CT molecular complexity index is 626. The van der Waals surface area contributed by atoms with E-state index < -0.39 is 10.0 Å². The summed E-state index contributed by atoms with van der Waals surface area (Å²) in [4.78, 5) is 0.173. The lowest BCUT2D eigenvalue weighted by Gasteiger charge is -2.19. The number of halogens is 1. The minimum atomic E-state index is -3.58. The smallest absolute Gasteiger partial charge is 0.241 e. The fourth-order valence-electron chi connectivity index (χ4n) is 2.77. The molecule has 1 unspecified atom stereocenters. The third-order valence-electron chi connectivity index (χ3n) is 3.94. The van der Waals surface area contributed by atoms with Crippen LogP contribution in [-0.4, -0.2) is 14.5 Å². The number of hydrogen-bond acceptors (Lipinski definition) is 3. The van der Waals surface area contributed by atoms with Gasteiger partial charge in [0.05, 0.1) is 4.90 Å². The molecule has 1 aromatic rings. The van der Waals surface area contributed by atoms with Crippen molar-refractivity contribution in [3.05, 3.63) is 22.7 Å². The fourth-order valence-corrected chi connectivity index (χ4v) is 4.63. The summed E-state index contributed by atoms with van der Waals surface area (Å²) in [7, 11) is -3.58. The lowest BCUT2D eigenvalue weighted by atomic mass is 9.92. The van der Waals surface area contributed by atoms with Gasteiger partial charge in [-0.2, -0.15) is 0 Å². The van der Waals surface area contributed by atoms with Crippen LogP contribution >= 0.6 is 11.6 Å². The largest absolute Gasteiger partial charge is 0.398 e. The van der Waals surface area contributed by atoms with E-state index in [1.54, 1.807) is 13.0 Å². The van der Waals surface area contributed by atoms with Crippen molar-refractivity contribution < 1.29 is 8.42 Å². The lowest BCUT2D eigenvalue weighted by molar-refractivity contribution is 0.372. The second kappa shape index (κ2) is 5.20. The van der Waals surface area contributed by atoms with Gasteiger partial charge in [-0.3, -0.25) is 0 Å². The van der Waals surface area contributed by atoms with Crippen molar-refractivity contribution in [3.63, 3.8) is 0 Å². The normalized spacial score (nSPS) is 22.1. The zero-order chi connectivity index (χ0) is 15.1. The highest BCUT2D eigenvalue weighted by Gasteiger charge is 2.34. The van der Waals surface area contributed by atoms with Gasteiger partial charge in [0.2, 0.25) is 10.0 Å². The van der Waals surface area contributed by atoms with Crippen LogP contribution in [0.3, 0.4) is 0 Å². The number of sulfonamides is 1. The van der Waals surface area contributed by atoms with Crippen LogP contribution in [0.25, 0.3) is 0 Å². The molecule has 0 radical (unpaired) electrons. The molecule has 0 aromatic heterocycles. The second-order valence-electron chi connectivity index (χ2n) is 6.34. The summed E-state index contributed by atoms with van der Waals surface area (Å²) in [5, 5.41) is 0.334. The number of hydrogen-bond donors (Lipinski definition) is 2. The van der Waals surface area contributed by atoms with Gasteiger partial charge in [-0.25, -0.2) is 13.1 Å². The van der Waals surface area contributed by atoms with E-state index in [2.05, 4.69) is 18.6 Å². The van der Waals surface area contributed by atoms with Crippen molar-refractivity contribution in [2.24, 2.45) is 5.41 Å². The second-order valence-corrected chi connectivity index (χ2v) is 8.46. The summed E-state index contributed by atoms with van der Waals surface area (Å²) in [6.07, 6.45) is 2.74. The van der Waals surface area contributed by atoms with E-state index in [0.29, 0.717) is 16.3 Å². The summed E-state index contributed by atoms with van der Waals surface area (Å²) < 4.78 is 27.8. The summed E-state index contributed by atoms with van der Waals surface area (Å²) in [6.45, 7) is 6.01. The summed E-state index contributed by atoms with van der Waals surface area (Å²) in [5.41, 5.74) is 6.92. The molecular weight excluding hydrogens is 296 g/mol. The van der Waals surface area contributed by atoms with Crippen LogP contribution in [0.1, 0.15) is 38.7 Å². The molecule has 0 aliphatic heterocycles. The number of benzene rings is 1. The van der Waals surface area contributed by atoms with Crippen LogP contribution in [0, 0.1) is 12.3 Å². The molecule has 20 heavy (non-hydrogen) atoms. The molecule has 1 aromatic carbocycles. The zero-order valence-electron chi connectivity index (χ0n) is 12.0. The van der Waals surface area contributed by atoms with Crippen molar-refractivity contribution >= 4 is 27.3 Å². The van der Waals surface area contributed by atoms with E-state index in [9.17, 15) is 8.42 Å². The van der Waals surface area contributed by atoms with Crippen LogP contribution in [0.15, 0.2) is 17.0 Å². The summed E-state index contributed by atoms with van der Waals surface area (Å²) >= 11 is 5.92. The number of nitrogen functional groups attached to an aromatic ring is 1. The Hall–Kier alpha value is -0.780. The molecule has 3 N–H and O–H groups in total. The third-order valence-corrected chi connectivity index (χ3v) is 5.81. The van der Waals surface area contributed by atoms with E-state index in [4.69, 9.17) is 17.3 Å². The number of nitrogens with one attached hydrogen (secondary N) is 1. The molecule has 0 bridgehead atoms. The predicted octanol–water partition coefficient (Wildman–Crippen LogP) is 3.09. The maximum Gasteiger partial charge on any atom is 0.241 e. The number of nitrogens with two attached hydrogens (primary N) is 1. The summed E-state index contributed by atoms with van der Waals surface area (Å²) in [6, 6.07) is 3.00. The Kier molecular flexibility index (Phi) is 4.06. The lowest BCUT2D eigenvalue weighted by Crippen LogP contribution is -2.34. The Balaban J connectivity index is 2.28. The first-order valence-electron chi connectivity index (χ1n) is 6.69. The monoisotopic (exact) mass is 316 g/mol. The van der Waals surface area contributed by atoms with E-state index in [-0.39, 0.29) is 16.4 Å². The molecule has 2 rings (SSSR count). The molecule has 112 valence electrons. The molecule has 6 heteroatoms. The van der Waals surface area contributed by atoms with E-state index in [1.165, 1.54) is 6.07 Å². The van der Waals surface area contributed by atoms with Gasteiger partial charge in [0, 0.05) is 16.8 Å². The molecular formula is C14H21ClN2O2S. The Morgan fingerprint density at radius 3 is 2.60 bits per heavy atom. The van der Waals surface area contributed by atoms with Crippen molar-refractivity contribution in [3.8, 4) is 0 Å². The van der Waals surface area contributed by atoms with Gasteiger partial charge in [-0.1, -0.05) is 25.4 Å². The highest BCUT2D eigenvalue weighted by Crippen LogP contribution is 2.37. The molecule has 1 aliphatic carbocycles. The molecule has 1 atom stereocenters. The van der Waals surface area contributed by atoms with Gasteiger partial charge < -0.3 is 5.73 Å². The van der Waals surface area contributed by atoms with Gasteiger partial charge in [-0.15, -0.1) is 0 Å². The summed E-state index contributed by atoms with van der Waals surface area (Å²) in [5.74, 6) is 0. The molecule has 1 aliphatic rings. The van der Waals surface area contributed by atoms with Gasteiger partial charge in [-0.05, 0) is 49.3 Å². The van der Waals surface area contributed by atoms with Crippen molar-refractivity contribution in [1.29, 1.82) is 0 Å². The van der Waals surface area contributed by atoms with Gasteiger partial charge in [0.25, 0.3) is 0 Å². The first-order chi connectivity index (χ1) is 9.11. The fraction of sp³-hybridized carbons (Fsp3) is 0.571. The maximum absolute atomic E-state index is 12.5. The van der Waals surface area contributed by atoms with Gasteiger partial charge in [0.15, 0.2) is 0 Å². The highest BCUT2D eigenvalue weighted by atomic mass is 35.5. The van der Waals surface area contributed by atoms with Gasteiger partial charge in [0.1, 0.15) is 0 Å². The van der Waals surface area contributed by atoms with Crippen LogP contribution in [0.4, 0.5) is 5.69 Å².